The minimum atomic E-state index is -0.0252. The topological polar surface area (TPSA) is 51.0 Å². The molecular formula is C25H27ClN4OS. The Bertz CT molecular complexity index is 1120. The lowest BCUT2D eigenvalue weighted by Crippen LogP contribution is -2.61. The first-order chi connectivity index (χ1) is 15.7. The first kappa shape index (κ1) is 20.4. The van der Waals surface area contributed by atoms with Crippen LogP contribution in [0.2, 0.25) is 5.02 Å². The van der Waals surface area contributed by atoms with E-state index in [-0.39, 0.29) is 17.5 Å². The third-order valence-corrected chi connectivity index (χ3v) is 8.86. The van der Waals surface area contributed by atoms with Crippen LogP contribution >= 0.6 is 22.9 Å². The number of fused-ring (bicyclic) bond motifs is 4. The Morgan fingerprint density at radius 1 is 1.03 bits per heavy atom. The summed E-state index contributed by atoms with van der Waals surface area (Å²) in [5.41, 5.74) is 0.913. The van der Waals surface area contributed by atoms with Crippen molar-refractivity contribution in [2.24, 2.45) is 5.92 Å². The van der Waals surface area contributed by atoms with Gasteiger partial charge in [-0.25, -0.2) is 4.68 Å². The number of rotatable bonds is 2. The number of thiophene rings is 1. The summed E-state index contributed by atoms with van der Waals surface area (Å²) in [6, 6.07) is 11.8. The number of carbonyl (C=O) groups is 1. The fourth-order valence-electron chi connectivity index (χ4n) is 6.34. The fourth-order valence-corrected chi connectivity index (χ4v) is 7.13. The largest absolute Gasteiger partial charge is 0.273 e. The lowest BCUT2D eigenvalue weighted by Gasteiger charge is -2.55. The van der Waals surface area contributed by atoms with Crippen LogP contribution < -0.4 is 4.90 Å². The summed E-state index contributed by atoms with van der Waals surface area (Å²) < 4.78 is 2.17. The molecule has 0 N–H and O–H groups in total. The highest BCUT2D eigenvalue weighted by molar-refractivity contribution is 7.12. The van der Waals surface area contributed by atoms with Crippen molar-refractivity contribution in [1.82, 2.24) is 14.8 Å². The van der Waals surface area contributed by atoms with Gasteiger partial charge >= 0.3 is 0 Å². The van der Waals surface area contributed by atoms with E-state index in [9.17, 15) is 4.79 Å². The van der Waals surface area contributed by atoms with E-state index in [0.717, 1.165) is 42.1 Å². The molecule has 1 aliphatic heterocycles. The third kappa shape index (κ3) is 3.14. The molecule has 1 spiro atoms. The monoisotopic (exact) mass is 466 g/mol. The van der Waals surface area contributed by atoms with Crippen LogP contribution in [0.3, 0.4) is 0 Å². The van der Waals surface area contributed by atoms with Crippen LogP contribution in [-0.4, -0.2) is 26.7 Å². The molecule has 2 saturated carbocycles. The number of hydrogen-bond acceptors (Lipinski definition) is 4. The fraction of sp³-hybridized carbons (Fsp3) is 0.480. The van der Waals surface area contributed by atoms with Crippen LogP contribution in [0.25, 0.3) is 11.4 Å². The number of aromatic nitrogens is 3. The van der Waals surface area contributed by atoms with E-state index >= 15 is 0 Å². The summed E-state index contributed by atoms with van der Waals surface area (Å²) in [5, 5.41) is 7.78. The molecule has 2 atom stereocenters. The van der Waals surface area contributed by atoms with Crippen LogP contribution in [-0.2, 0) is 5.54 Å². The molecule has 1 aromatic carbocycles. The molecule has 0 unspecified atom stereocenters. The number of halogens is 1. The maximum Gasteiger partial charge on any atom is 0.270 e. The van der Waals surface area contributed by atoms with Crippen molar-refractivity contribution in [3.05, 3.63) is 51.7 Å². The molecule has 0 radical (unpaired) electrons. The normalized spacial score (nSPS) is 24.2. The van der Waals surface area contributed by atoms with Gasteiger partial charge in [-0.2, -0.15) is 4.98 Å². The van der Waals surface area contributed by atoms with Crippen molar-refractivity contribution in [2.75, 3.05) is 4.90 Å². The zero-order valence-corrected chi connectivity index (χ0v) is 19.6. The molecule has 0 saturated heterocycles. The van der Waals surface area contributed by atoms with E-state index in [1.165, 1.54) is 43.4 Å². The van der Waals surface area contributed by atoms with Gasteiger partial charge in [0.05, 0.1) is 10.4 Å². The second-order valence-electron chi connectivity index (χ2n) is 9.43. The molecule has 0 bridgehead atoms. The number of amides is 1. The average molecular weight is 467 g/mol. The van der Waals surface area contributed by atoms with Crippen LogP contribution in [0.4, 0.5) is 5.95 Å². The molecule has 2 aromatic heterocycles. The van der Waals surface area contributed by atoms with Crippen molar-refractivity contribution in [1.29, 1.82) is 0 Å². The van der Waals surface area contributed by atoms with Crippen LogP contribution in [0.5, 0.6) is 0 Å². The van der Waals surface area contributed by atoms with Gasteiger partial charge in [-0.3, -0.25) is 9.69 Å². The van der Waals surface area contributed by atoms with Gasteiger partial charge in [-0.1, -0.05) is 49.8 Å². The number of anilines is 1. The highest BCUT2D eigenvalue weighted by atomic mass is 35.5. The van der Waals surface area contributed by atoms with Crippen molar-refractivity contribution in [2.45, 2.75) is 69.4 Å². The Hall–Kier alpha value is -2.18. The van der Waals surface area contributed by atoms with Crippen molar-refractivity contribution >= 4 is 34.8 Å². The molecule has 3 aromatic rings. The summed E-state index contributed by atoms with van der Waals surface area (Å²) in [6.07, 6.45) is 10.6. The molecule has 2 fully saturated rings. The molecule has 166 valence electrons. The summed E-state index contributed by atoms with van der Waals surface area (Å²) in [4.78, 5) is 21.6. The predicted molar refractivity (Wildman–Crippen MR) is 128 cm³/mol. The molecular weight excluding hydrogens is 440 g/mol. The number of carbonyl (C=O) groups excluding carboxylic acids is 1. The third-order valence-electron chi connectivity index (χ3n) is 7.75. The van der Waals surface area contributed by atoms with Gasteiger partial charge in [0.25, 0.3) is 5.91 Å². The first-order valence-electron chi connectivity index (χ1n) is 11.8. The highest BCUT2D eigenvalue weighted by Crippen LogP contribution is 2.53. The van der Waals surface area contributed by atoms with E-state index in [1.54, 1.807) is 0 Å². The predicted octanol–water partition coefficient (Wildman–Crippen LogP) is 6.54. The molecule has 7 heteroatoms. The second-order valence-corrected chi connectivity index (χ2v) is 10.8. The second kappa shape index (κ2) is 7.99. The summed E-state index contributed by atoms with van der Waals surface area (Å²) in [7, 11) is 0. The number of nitrogens with zero attached hydrogens (tertiary/aromatic N) is 4. The minimum absolute atomic E-state index is 0.0252. The maximum atomic E-state index is 13.8. The summed E-state index contributed by atoms with van der Waals surface area (Å²) in [6.45, 7) is 0. The molecule has 5 nitrogen and oxygen atoms in total. The van der Waals surface area contributed by atoms with Gasteiger partial charge < -0.3 is 0 Å². The summed E-state index contributed by atoms with van der Waals surface area (Å²) >= 11 is 7.63. The zero-order valence-electron chi connectivity index (χ0n) is 18.0. The van der Waals surface area contributed by atoms with Crippen molar-refractivity contribution in [3.63, 3.8) is 0 Å². The molecule has 2 aliphatic carbocycles. The van der Waals surface area contributed by atoms with Gasteiger partial charge in [0.15, 0.2) is 5.82 Å². The van der Waals surface area contributed by atoms with E-state index < -0.39 is 0 Å². The maximum absolute atomic E-state index is 13.8. The minimum Gasteiger partial charge on any atom is -0.273 e. The molecule has 6 rings (SSSR count). The van der Waals surface area contributed by atoms with E-state index in [2.05, 4.69) is 4.68 Å². The van der Waals surface area contributed by atoms with Gasteiger partial charge in [-0.05, 0) is 61.4 Å². The van der Waals surface area contributed by atoms with Crippen molar-refractivity contribution < 1.29 is 4.79 Å². The Morgan fingerprint density at radius 3 is 2.56 bits per heavy atom. The lowest BCUT2D eigenvalue weighted by molar-refractivity contribution is 0.0315. The van der Waals surface area contributed by atoms with Gasteiger partial charge in [0.2, 0.25) is 5.95 Å². The smallest absolute Gasteiger partial charge is 0.270 e. The van der Waals surface area contributed by atoms with Crippen LogP contribution in [0.15, 0.2) is 41.8 Å². The molecule has 3 heterocycles. The van der Waals surface area contributed by atoms with Crippen LogP contribution in [0.1, 0.15) is 67.5 Å². The molecule has 1 amide bonds. The lowest BCUT2D eigenvalue weighted by atomic mass is 9.64. The van der Waals surface area contributed by atoms with Gasteiger partial charge in [0.1, 0.15) is 0 Å². The first-order valence-corrected chi connectivity index (χ1v) is 13.0. The average Bonchev–Trinajstić information content (AvgIpc) is 3.52. The summed E-state index contributed by atoms with van der Waals surface area (Å²) in [5.74, 6) is 1.93. The SMILES string of the molecule is O=C(c1cccs1)N1c2nc(-c3ccc(Cl)cc3)nn2C2(CCCCC2)[C@@H]2CCCC[C@@H]21. The number of hydrogen-bond donors (Lipinski definition) is 0. The van der Waals surface area contributed by atoms with Gasteiger partial charge in [0, 0.05) is 22.5 Å². The van der Waals surface area contributed by atoms with Gasteiger partial charge in [-0.15, -0.1) is 16.4 Å². The van der Waals surface area contributed by atoms with E-state index in [1.807, 2.05) is 46.7 Å². The standard InChI is InChI=1S/C25H27ClN4OS/c26-18-12-10-17(11-13-18)22-27-24-29(23(31)21-9-6-16-32-21)20-8-3-2-7-19(20)25(30(24)28-22)14-4-1-5-15-25/h6,9-13,16,19-20H,1-5,7-8,14-15H2/t19-,20+/m1/s1. The molecule has 32 heavy (non-hydrogen) atoms. The van der Waals surface area contributed by atoms with Crippen LogP contribution in [0, 0.1) is 5.92 Å². The Labute approximate surface area is 197 Å². The Morgan fingerprint density at radius 2 is 1.81 bits per heavy atom. The quantitative estimate of drug-likeness (QED) is 0.431. The molecule has 3 aliphatic rings. The Kier molecular flexibility index (Phi) is 5.10. The zero-order chi connectivity index (χ0) is 21.7. The van der Waals surface area contributed by atoms with E-state index in [0.29, 0.717) is 16.8 Å². The van der Waals surface area contributed by atoms with Crippen molar-refractivity contribution in [3.8, 4) is 11.4 Å². The number of benzene rings is 1. The highest BCUT2D eigenvalue weighted by Gasteiger charge is 2.55. The Balaban J connectivity index is 1.54. The van der Waals surface area contributed by atoms with E-state index in [4.69, 9.17) is 21.7 Å².